The first-order valence-electron chi connectivity index (χ1n) is 3.02. The standard InChI is InChI=1S/C7H14.H3P/c1-3-5-7-6-4-2;/h3H,1,4-7H2,2H3;1H3. The monoisotopic (exact) mass is 132 g/mol. The smallest absolute Gasteiger partial charge is 0.0353 e. The molecule has 0 nitrogen and oxygen atoms in total. The second-order valence-corrected chi connectivity index (χ2v) is 1.78. The molecular weight excluding hydrogens is 115 g/mol. The molecule has 0 aliphatic carbocycles. The lowest BCUT2D eigenvalue weighted by molar-refractivity contribution is 0.730. The van der Waals surface area contributed by atoms with Crippen molar-refractivity contribution in [3.63, 3.8) is 0 Å². The minimum Gasteiger partial charge on any atom is -0.153 e. The van der Waals surface area contributed by atoms with E-state index >= 15 is 0 Å². The van der Waals surface area contributed by atoms with E-state index in [1.807, 2.05) is 6.08 Å². The van der Waals surface area contributed by atoms with Crippen molar-refractivity contribution in [1.82, 2.24) is 0 Å². The van der Waals surface area contributed by atoms with Crippen molar-refractivity contribution in [2.24, 2.45) is 0 Å². The number of rotatable bonds is 4. The minimum atomic E-state index is 0. The van der Waals surface area contributed by atoms with Gasteiger partial charge in [0.1, 0.15) is 0 Å². The lowest BCUT2D eigenvalue weighted by Gasteiger charge is -1.87. The van der Waals surface area contributed by atoms with Crippen molar-refractivity contribution in [2.45, 2.75) is 32.6 Å². The maximum atomic E-state index is 3.63. The zero-order valence-electron chi connectivity index (χ0n) is 5.82. The van der Waals surface area contributed by atoms with Gasteiger partial charge in [0.15, 0.2) is 0 Å². The molecule has 0 bridgehead atoms. The van der Waals surface area contributed by atoms with Gasteiger partial charge in [-0.15, -0.1) is 6.58 Å². The lowest BCUT2D eigenvalue weighted by Crippen LogP contribution is -1.67. The highest BCUT2D eigenvalue weighted by Gasteiger charge is 1.77. The minimum absolute atomic E-state index is 0. The SMILES string of the molecule is C=CCCCCC.P. The third kappa shape index (κ3) is 9.48. The first-order chi connectivity index (χ1) is 3.41. The van der Waals surface area contributed by atoms with Crippen LogP contribution >= 0.6 is 9.90 Å². The zero-order chi connectivity index (χ0) is 5.54. The van der Waals surface area contributed by atoms with Gasteiger partial charge in [-0.3, -0.25) is 0 Å². The fourth-order valence-corrected chi connectivity index (χ4v) is 0.539. The first-order valence-corrected chi connectivity index (χ1v) is 3.02. The van der Waals surface area contributed by atoms with Gasteiger partial charge in [-0.05, 0) is 12.8 Å². The Labute approximate surface area is 56.0 Å². The lowest BCUT2D eigenvalue weighted by atomic mass is 10.2. The number of unbranched alkanes of at least 4 members (excludes halogenated alkanes) is 3. The van der Waals surface area contributed by atoms with E-state index in [0.29, 0.717) is 0 Å². The molecule has 0 saturated heterocycles. The highest BCUT2D eigenvalue weighted by molar-refractivity contribution is 6.92. The van der Waals surface area contributed by atoms with Crippen molar-refractivity contribution in [2.75, 3.05) is 0 Å². The fraction of sp³-hybridized carbons (Fsp3) is 0.714. The van der Waals surface area contributed by atoms with E-state index in [4.69, 9.17) is 0 Å². The predicted octanol–water partition coefficient (Wildman–Crippen LogP) is 2.81. The molecule has 0 amide bonds. The average molecular weight is 132 g/mol. The van der Waals surface area contributed by atoms with Gasteiger partial charge in [0, 0.05) is 0 Å². The van der Waals surface area contributed by atoms with E-state index in [0.717, 1.165) is 0 Å². The van der Waals surface area contributed by atoms with Gasteiger partial charge in [0.2, 0.25) is 0 Å². The Balaban J connectivity index is 0. The van der Waals surface area contributed by atoms with Crippen molar-refractivity contribution in [3.05, 3.63) is 12.7 Å². The Kier molecular flexibility index (Phi) is 14.1. The summed E-state index contributed by atoms with van der Waals surface area (Å²) in [7, 11) is 0. The summed E-state index contributed by atoms with van der Waals surface area (Å²) in [6.45, 7) is 5.84. The van der Waals surface area contributed by atoms with Crippen molar-refractivity contribution >= 4 is 9.90 Å². The molecule has 1 unspecified atom stereocenters. The summed E-state index contributed by atoms with van der Waals surface area (Å²) in [5, 5.41) is 0. The van der Waals surface area contributed by atoms with Gasteiger partial charge in [0.25, 0.3) is 0 Å². The Hall–Kier alpha value is 0.170. The van der Waals surface area contributed by atoms with Crippen LogP contribution in [-0.4, -0.2) is 0 Å². The van der Waals surface area contributed by atoms with Gasteiger partial charge >= 0.3 is 0 Å². The number of hydrogen-bond donors (Lipinski definition) is 0. The van der Waals surface area contributed by atoms with E-state index < -0.39 is 0 Å². The summed E-state index contributed by atoms with van der Waals surface area (Å²) in [6.07, 6.45) is 7.16. The highest BCUT2D eigenvalue weighted by Crippen LogP contribution is 1.97. The molecule has 0 spiro atoms. The van der Waals surface area contributed by atoms with Crippen LogP contribution < -0.4 is 0 Å². The van der Waals surface area contributed by atoms with Crippen LogP contribution in [-0.2, 0) is 0 Å². The molecule has 0 aliphatic rings. The molecule has 50 valence electrons. The maximum absolute atomic E-state index is 3.63. The summed E-state index contributed by atoms with van der Waals surface area (Å²) >= 11 is 0. The van der Waals surface area contributed by atoms with Crippen LogP contribution in [0.2, 0.25) is 0 Å². The summed E-state index contributed by atoms with van der Waals surface area (Å²) < 4.78 is 0. The molecule has 0 aliphatic heterocycles. The molecule has 1 heteroatoms. The molecular formula is C7H17P. The van der Waals surface area contributed by atoms with Gasteiger partial charge in [-0.1, -0.05) is 25.8 Å². The topological polar surface area (TPSA) is 0 Å². The molecule has 0 aromatic heterocycles. The van der Waals surface area contributed by atoms with Gasteiger partial charge < -0.3 is 0 Å². The van der Waals surface area contributed by atoms with Gasteiger partial charge in [-0.2, -0.15) is 9.90 Å². The van der Waals surface area contributed by atoms with Gasteiger partial charge in [0.05, 0.1) is 0 Å². The second kappa shape index (κ2) is 10.2. The summed E-state index contributed by atoms with van der Waals surface area (Å²) in [6, 6.07) is 0. The Morgan fingerprint density at radius 3 is 2.38 bits per heavy atom. The van der Waals surface area contributed by atoms with E-state index in [2.05, 4.69) is 13.5 Å². The van der Waals surface area contributed by atoms with E-state index in [1.54, 1.807) is 0 Å². The molecule has 1 atom stereocenters. The largest absolute Gasteiger partial charge is 0.153 e. The maximum Gasteiger partial charge on any atom is -0.0353 e. The second-order valence-electron chi connectivity index (χ2n) is 1.78. The zero-order valence-corrected chi connectivity index (χ0v) is 7.23. The number of allylic oxidation sites excluding steroid dienone is 1. The van der Waals surface area contributed by atoms with E-state index in [-0.39, 0.29) is 9.90 Å². The van der Waals surface area contributed by atoms with Crippen LogP contribution in [0.5, 0.6) is 0 Å². The molecule has 0 aromatic rings. The third-order valence-corrected chi connectivity index (χ3v) is 1.01. The normalized spacial score (nSPS) is 7.62. The Morgan fingerprint density at radius 2 is 2.00 bits per heavy atom. The molecule has 0 saturated carbocycles. The highest BCUT2D eigenvalue weighted by atomic mass is 31.0. The predicted molar refractivity (Wildman–Crippen MR) is 45.4 cm³/mol. The number of hydrogen-bond acceptors (Lipinski definition) is 0. The van der Waals surface area contributed by atoms with Crippen LogP contribution in [0.1, 0.15) is 32.6 Å². The summed E-state index contributed by atoms with van der Waals surface area (Å²) in [4.78, 5) is 0. The Bertz CT molecular complexity index is 41.7. The molecule has 0 N–H and O–H groups in total. The molecule has 0 heterocycles. The molecule has 0 fully saturated rings. The summed E-state index contributed by atoms with van der Waals surface area (Å²) in [5.74, 6) is 0. The van der Waals surface area contributed by atoms with Gasteiger partial charge in [-0.25, -0.2) is 0 Å². The van der Waals surface area contributed by atoms with E-state index in [1.165, 1.54) is 25.7 Å². The first kappa shape index (κ1) is 11.0. The van der Waals surface area contributed by atoms with Crippen LogP contribution in [0.25, 0.3) is 0 Å². The van der Waals surface area contributed by atoms with Crippen molar-refractivity contribution < 1.29 is 0 Å². The summed E-state index contributed by atoms with van der Waals surface area (Å²) in [5.41, 5.74) is 0. The molecule has 0 radical (unpaired) electrons. The average Bonchev–Trinajstić information content (AvgIpc) is 1.69. The third-order valence-electron chi connectivity index (χ3n) is 1.01. The van der Waals surface area contributed by atoms with Crippen LogP contribution in [0, 0.1) is 0 Å². The quantitative estimate of drug-likeness (QED) is 0.313. The van der Waals surface area contributed by atoms with Crippen LogP contribution in [0.4, 0.5) is 0 Å². The molecule has 8 heavy (non-hydrogen) atoms. The van der Waals surface area contributed by atoms with Crippen LogP contribution in [0.3, 0.4) is 0 Å². The Morgan fingerprint density at radius 1 is 1.38 bits per heavy atom. The fourth-order valence-electron chi connectivity index (χ4n) is 0.539. The molecule has 0 aromatic carbocycles. The molecule has 0 rings (SSSR count). The van der Waals surface area contributed by atoms with Crippen molar-refractivity contribution in [1.29, 1.82) is 0 Å². The van der Waals surface area contributed by atoms with Crippen LogP contribution in [0.15, 0.2) is 12.7 Å². The van der Waals surface area contributed by atoms with Crippen molar-refractivity contribution in [3.8, 4) is 0 Å². The van der Waals surface area contributed by atoms with E-state index in [9.17, 15) is 0 Å².